The Kier molecular flexibility index (Phi) is 4.82. The summed E-state index contributed by atoms with van der Waals surface area (Å²) in [6.07, 6.45) is 2.30. The molecule has 1 aliphatic rings. The first kappa shape index (κ1) is 16.9. The predicted molar refractivity (Wildman–Crippen MR) is 82.5 cm³/mol. The maximum absolute atomic E-state index is 13.3. The molecule has 128 valence electrons. The molecule has 3 rings (SSSR count). The standard InChI is InChI=1S/C16H15ClF2N2O3/c17-13-14(16(23)20-10-3-1-8(5-10)7-22)21-24-15(13)9-2-4-11(18)12(19)6-9/h2,4,6,8,10,22H,1,3,5,7H2,(H,20,23)/t8-,10+/m1/s1. The van der Waals surface area contributed by atoms with Crippen molar-refractivity contribution in [2.24, 2.45) is 5.92 Å². The van der Waals surface area contributed by atoms with Crippen molar-refractivity contribution >= 4 is 17.5 Å². The highest BCUT2D eigenvalue weighted by Gasteiger charge is 2.28. The van der Waals surface area contributed by atoms with Gasteiger partial charge in [0.25, 0.3) is 5.91 Å². The van der Waals surface area contributed by atoms with Crippen LogP contribution in [0.5, 0.6) is 0 Å². The van der Waals surface area contributed by atoms with Crippen molar-refractivity contribution in [2.75, 3.05) is 6.61 Å². The highest BCUT2D eigenvalue weighted by Crippen LogP contribution is 2.32. The van der Waals surface area contributed by atoms with Crippen molar-refractivity contribution in [3.63, 3.8) is 0 Å². The number of nitrogens with one attached hydrogen (secondary N) is 1. The summed E-state index contributed by atoms with van der Waals surface area (Å²) in [5.41, 5.74) is 0.0792. The largest absolute Gasteiger partial charge is 0.396 e. The van der Waals surface area contributed by atoms with Crippen LogP contribution in [-0.4, -0.2) is 28.8 Å². The van der Waals surface area contributed by atoms with Gasteiger partial charge in [0.1, 0.15) is 5.02 Å². The van der Waals surface area contributed by atoms with Crippen LogP contribution in [0.4, 0.5) is 8.78 Å². The highest BCUT2D eigenvalue weighted by molar-refractivity contribution is 6.35. The van der Waals surface area contributed by atoms with Crippen LogP contribution >= 0.6 is 11.6 Å². The number of aromatic nitrogens is 1. The lowest BCUT2D eigenvalue weighted by molar-refractivity contribution is 0.0927. The number of amides is 1. The molecule has 8 heteroatoms. The molecular formula is C16H15ClF2N2O3. The molecule has 0 radical (unpaired) electrons. The molecule has 1 saturated carbocycles. The van der Waals surface area contributed by atoms with Crippen LogP contribution < -0.4 is 5.32 Å². The van der Waals surface area contributed by atoms with E-state index in [-0.39, 0.29) is 40.6 Å². The summed E-state index contributed by atoms with van der Waals surface area (Å²) >= 11 is 6.11. The van der Waals surface area contributed by atoms with E-state index in [2.05, 4.69) is 10.5 Å². The number of benzene rings is 1. The Balaban J connectivity index is 1.77. The lowest BCUT2D eigenvalue weighted by atomic mass is 10.1. The third kappa shape index (κ3) is 3.27. The minimum atomic E-state index is -1.05. The molecule has 2 aromatic rings. The summed E-state index contributed by atoms with van der Waals surface area (Å²) in [4.78, 5) is 12.3. The molecule has 0 unspecified atom stereocenters. The smallest absolute Gasteiger partial charge is 0.275 e. The van der Waals surface area contributed by atoms with Crippen LogP contribution in [0.15, 0.2) is 22.7 Å². The van der Waals surface area contributed by atoms with Gasteiger partial charge < -0.3 is 14.9 Å². The summed E-state index contributed by atoms with van der Waals surface area (Å²) in [6, 6.07) is 3.09. The van der Waals surface area contributed by atoms with Crippen molar-refractivity contribution in [3.8, 4) is 11.3 Å². The van der Waals surface area contributed by atoms with Crippen molar-refractivity contribution < 1.29 is 23.2 Å². The zero-order valence-electron chi connectivity index (χ0n) is 12.6. The van der Waals surface area contributed by atoms with E-state index >= 15 is 0 Å². The maximum Gasteiger partial charge on any atom is 0.275 e. The summed E-state index contributed by atoms with van der Waals surface area (Å²) in [5.74, 6) is -2.36. The monoisotopic (exact) mass is 356 g/mol. The van der Waals surface area contributed by atoms with Gasteiger partial charge in [-0.15, -0.1) is 0 Å². The first-order valence-electron chi connectivity index (χ1n) is 7.52. The van der Waals surface area contributed by atoms with Crippen LogP contribution in [0.2, 0.25) is 5.02 Å². The average Bonchev–Trinajstić information content (AvgIpc) is 3.16. The van der Waals surface area contributed by atoms with Gasteiger partial charge in [0.05, 0.1) is 0 Å². The average molecular weight is 357 g/mol. The van der Waals surface area contributed by atoms with Gasteiger partial charge >= 0.3 is 0 Å². The van der Waals surface area contributed by atoms with Gasteiger partial charge in [0.2, 0.25) is 0 Å². The Hall–Kier alpha value is -1.99. The van der Waals surface area contributed by atoms with Crippen molar-refractivity contribution in [1.29, 1.82) is 0 Å². The molecule has 2 atom stereocenters. The van der Waals surface area contributed by atoms with Crippen LogP contribution in [0.3, 0.4) is 0 Å². The van der Waals surface area contributed by atoms with Gasteiger partial charge in [-0.2, -0.15) is 0 Å². The molecule has 0 bridgehead atoms. The molecule has 1 aromatic carbocycles. The fraction of sp³-hybridized carbons (Fsp3) is 0.375. The number of aliphatic hydroxyl groups excluding tert-OH is 1. The number of carbonyl (C=O) groups excluding carboxylic acids is 1. The normalized spacial score (nSPS) is 20.3. The molecule has 2 N–H and O–H groups in total. The summed E-state index contributed by atoms with van der Waals surface area (Å²) in [6.45, 7) is 0.0946. The molecule has 0 spiro atoms. The predicted octanol–water partition coefficient (Wildman–Crippen LogP) is 3.16. The molecule has 5 nitrogen and oxygen atoms in total. The molecule has 0 saturated heterocycles. The zero-order valence-corrected chi connectivity index (χ0v) is 13.3. The molecule has 1 amide bonds. The number of rotatable bonds is 4. The van der Waals surface area contributed by atoms with Crippen LogP contribution in [0.1, 0.15) is 29.8 Å². The second-order valence-corrected chi connectivity index (χ2v) is 6.21. The second kappa shape index (κ2) is 6.86. The number of aliphatic hydroxyl groups is 1. The topological polar surface area (TPSA) is 75.4 Å². The SMILES string of the molecule is O=C(N[C@H]1CC[C@@H](CO)C1)c1noc(-c2ccc(F)c(F)c2)c1Cl. The molecule has 1 fully saturated rings. The van der Waals surface area contributed by atoms with E-state index in [0.717, 1.165) is 25.0 Å². The summed E-state index contributed by atoms with van der Waals surface area (Å²) in [7, 11) is 0. The van der Waals surface area contributed by atoms with E-state index in [0.29, 0.717) is 6.42 Å². The minimum Gasteiger partial charge on any atom is -0.396 e. The van der Waals surface area contributed by atoms with Gasteiger partial charge in [-0.1, -0.05) is 16.8 Å². The first-order chi connectivity index (χ1) is 11.5. The van der Waals surface area contributed by atoms with Gasteiger partial charge in [0, 0.05) is 18.2 Å². The van der Waals surface area contributed by atoms with E-state index < -0.39 is 17.5 Å². The van der Waals surface area contributed by atoms with Crippen molar-refractivity contribution in [2.45, 2.75) is 25.3 Å². The lowest BCUT2D eigenvalue weighted by Crippen LogP contribution is -2.33. The molecule has 24 heavy (non-hydrogen) atoms. The summed E-state index contributed by atoms with van der Waals surface area (Å²) in [5, 5.41) is 15.5. The van der Waals surface area contributed by atoms with Gasteiger partial charge in [-0.3, -0.25) is 4.79 Å². The highest BCUT2D eigenvalue weighted by atomic mass is 35.5. The fourth-order valence-corrected chi connectivity index (χ4v) is 3.13. The number of hydrogen-bond acceptors (Lipinski definition) is 4. The molecule has 1 aliphatic carbocycles. The van der Waals surface area contributed by atoms with Gasteiger partial charge in [-0.25, -0.2) is 8.78 Å². The molecule has 1 heterocycles. The Labute approximate surface area is 141 Å². The quantitative estimate of drug-likeness (QED) is 0.882. The van der Waals surface area contributed by atoms with Crippen LogP contribution in [0, 0.1) is 17.6 Å². The van der Waals surface area contributed by atoms with Gasteiger partial charge in [-0.05, 0) is 43.4 Å². The van der Waals surface area contributed by atoms with Gasteiger partial charge in [0.15, 0.2) is 23.1 Å². The van der Waals surface area contributed by atoms with E-state index in [4.69, 9.17) is 21.2 Å². The Bertz CT molecular complexity index is 766. The number of halogens is 3. The second-order valence-electron chi connectivity index (χ2n) is 5.84. The van der Waals surface area contributed by atoms with E-state index in [9.17, 15) is 13.6 Å². The summed E-state index contributed by atoms with van der Waals surface area (Å²) < 4.78 is 31.4. The molecular weight excluding hydrogens is 342 g/mol. The van der Waals surface area contributed by atoms with E-state index in [1.807, 2.05) is 0 Å². The van der Waals surface area contributed by atoms with Crippen molar-refractivity contribution in [1.82, 2.24) is 10.5 Å². The third-order valence-corrected chi connectivity index (χ3v) is 4.52. The Morgan fingerprint density at radius 1 is 1.38 bits per heavy atom. The first-order valence-corrected chi connectivity index (χ1v) is 7.89. The fourth-order valence-electron chi connectivity index (χ4n) is 2.86. The number of hydrogen-bond donors (Lipinski definition) is 2. The van der Waals surface area contributed by atoms with Crippen molar-refractivity contribution in [3.05, 3.63) is 40.6 Å². The lowest BCUT2D eigenvalue weighted by Gasteiger charge is -2.11. The Morgan fingerprint density at radius 3 is 2.83 bits per heavy atom. The third-order valence-electron chi connectivity index (χ3n) is 4.17. The van der Waals surface area contributed by atoms with Crippen LogP contribution in [0.25, 0.3) is 11.3 Å². The van der Waals surface area contributed by atoms with Crippen LogP contribution in [-0.2, 0) is 0 Å². The molecule has 0 aliphatic heterocycles. The molecule has 1 aromatic heterocycles. The minimum absolute atomic E-state index is 0.000346. The Morgan fingerprint density at radius 2 is 2.17 bits per heavy atom. The van der Waals surface area contributed by atoms with E-state index in [1.54, 1.807) is 0 Å². The maximum atomic E-state index is 13.3. The zero-order chi connectivity index (χ0) is 17.3. The number of nitrogens with zero attached hydrogens (tertiary/aromatic N) is 1. The number of carbonyl (C=O) groups is 1. The van der Waals surface area contributed by atoms with E-state index in [1.165, 1.54) is 6.07 Å².